The summed E-state index contributed by atoms with van der Waals surface area (Å²) in [4.78, 5) is 11.1. The Kier molecular flexibility index (Phi) is 3.86. The standard InChI is InChI=1S/C9H17NO4/c1-13-8(11)9(10,12)6-7-2-4-14-5-3-7/h7,12H,2-6,10H2,1H3. The molecule has 0 aliphatic carbocycles. The van der Waals surface area contributed by atoms with E-state index in [2.05, 4.69) is 4.74 Å². The van der Waals surface area contributed by atoms with Crippen molar-refractivity contribution in [2.24, 2.45) is 11.7 Å². The normalized spacial score (nSPS) is 22.8. The predicted octanol–water partition coefficient (Wildman–Crippen LogP) is -0.377. The first-order chi connectivity index (χ1) is 6.56. The fourth-order valence-corrected chi connectivity index (χ4v) is 1.65. The van der Waals surface area contributed by atoms with Crippen LogP contribution < -0.4 is 5.73 Å². The zero-order valence-electron chi connectivity index (χ0n) is 8.36. The highest BCUT2D eigenvalue weighted by Gasteiger charge is 2.35. The quantitative estimate of drug-likeness (QED) is 0.483. The van der Waals surface area contributed by atoms with Crippen molar-refractivity contribution in [3.05, 3.63) is 0 Å². The van der Waals surface area contributed by atoms with Crippen LogP contribution in [0, 0.1) is 5.92 Å². The molecule has 0 aromatic heterocycles. The minimum absolute atomic E-state index is 0.234. The Morgan fingerprint density at radius 1 is 1.64 bits per heavy atom. The maximum Gasteiger partial charge on any atom is 0.353 e. The molecule has 0 radical (unpaired) electrons. The molecular formula is C9H17NO4. The fraction of sp³-hybridized carbons (Fsp3) is 0.889. The van der Waals surface area contributed by atoms with Crippen LogP contribution in [-0.2, 0) is 14.3 Å². The van der Waals surface area contributed by atoms with Crippen molar-refractivity contribution in [1.29, 1.82) is 0 Å². The van der Waals surface area contributed by atoms with E-state index >= 15 is 0 Å². The number of nitrogens with two attached hydrogens (primary N) is 1. The third kappa shape index (κ3) is 2.94. The topological polar surface area (TPSA) is 81.8 Å². The highest BCUT2D eigenvalue weighted by Crippen LogP contribution is 2.23. The molecule has 0 spiro atoms. The van der Waals surface area contributed by atoms with E-state index in [0.717, 1.165) is 12.8 Å². The number of carbonyl (C=O) groups excluding carboxylic acids is 1. The van der Waals surface area contributed by atoms with Crippen molar-refractivity contribution in [3.63, 3.8) is 0 Å². The largest absolute Gasteiger partial charge is 0.466 e. The SMILES string of the molecule is COC(=O)C(N)(O)CC1CCOCC1. The Bertz CT molecular complexity index is 199. The van der Waals surface area contributed by atoms with Gasteiger partial charge >= 0.3 is 5.97 Å². The molecule has 82 valence electrons. The van der Waals surface area contributed by atoms with Gasteiger partial charge < -0.3 is 14.6 Å². The van der Waals surface area contributed by atoms with Crippen LogP contribution in [0.1, 0.15) is 19.3 Å². The second-order valence-electron chi connectivity index (χ2n) is 3.68. The average molecular weight is 203 g/mol. The lowest BCUT2D eigenvalue weighted by Crippen LogP contribution is -2.50. The lowest BCUT2D eigenvalue weighted by Gasteiger charge is -2.28. The van der Waals surface area contributed by atoms with Crippen LogP contribution in [0.2, 0.25) is 0 Å². The highest BCUT2D eigenvalue weighted by atomic mass is 16.5. The number of aliphatic hydroxyl groups is 1. The molecule has 1 rings (SSSR count). The smallest absolute Gasteiger partial charge is 0.353 e. The first-order valence-corrected chi connectivity index (χ1v) is 4.73. The first kappa shape index (κ1) is 11.4. The Morgan fingerprint density at radius 2 is 2.21 bits per heavy atom. The molecule has 1 atom stereocenters. The summed E-state index contributed by atoms with van der Waals surface area (Å²) in [7, 11) is 1.21. The lowest BCUT2D eigenvalue weighted by molar-refractivity contribution is -0.164. The third-order valence-electron chi connectivity index (χ3n) is 2.48. The van der Waals surface area contributed by atoms with Crippen molar-refractivity contribution in [3.8, 4) is 0 Å². The van der Waals surface area contributed by atoms with Crippen molar-refractivity contribution in [2.45, 2.75) is 25.0 Å². The maximum absolute atomic E-state index is 11.1. The number of carbonyl (C=O) groups is 1. The number of hydrogen-bond acceptors (Lipinski definition) is 5. The van der Waals surface area contributed by atoms with Crippen LogP contribution in [0.15, 0.2) is 0 Å². The van der Waals surface area contributed by atoms with Gasteiger partial charge in [0.05, 0.1) is 7.11 Å². The van der Waals surface area contributed by atoms with Gasteiger partial charge in [-0.25, -0.2) is 4.79 Å². The molecule has 0 saturated carbocycles. The first-order valence-electron chi connectivity index (χ1n) is 4.73. The van der Waals surface area contributed by atoms with Gasteiger partial charge in [-0.3, -0.25) is 5.73 Å². The van der Waals surface area contributed by atoms with Gasteiger partial charge in [0.2, 0.25) is 5.72 Å². The Hall–Kier alpha value is -0.650. The molecule has 1 fully saturated rings. The monoisotopic (exact) mass is 203 g/mol. The predicted molar refractivity (Wildman–Crippen MR) is 49.3 cm³/mol. The van der Waals surface area contributed by atoms with E-state index in [9.17, 15) is 9.90 Å². The summed E-state index contributed by atoms with van der Waals surface area (Å²) in [6.07, 6.45) is 1.90. The van der Waals surface area contributed by atoms with Crippen LogP contribution in [0.25, 0.3) is 0 Å². The van der Waals surface area contributed by atoms with Gasteiger partial charge in [0.15, 0.2) is 0 Å². The average Bonchev–Trinajstić information content (AvgIpc) is 2.17. The second kappa shape index (κ2) is 4.72. The van der Waals surface area contributed by atoms with Crippen LogP contribution in [0.5, 0.6) is 0 Å². The van der Waals surface area contributed by atoms with Crippen molar-refractivity contribution in [2.75, 3.05) is 20.3 Å². The van der Waals surface area contributed by atoms with E-state index in [1.165, 1.54) is 7.11 Å². The Labute approximate surface area is 83.2 Å². The van der Waals surface area contributed by atoms with Crippen molar-refractivity contribution < 1.29 is 19.4 Å². The maximum atomic E-state index is 11.1. The molecule has 5 heteroatoms. The highest BCUT2D eigenvalue weighted by molar-refractivity contribution is 5.78. The molecule has 0 aromatic carbocycles. The van der Waals surface area contributed by atoms with Gasteiger partial charge in [0.1, 0.15) is 0 Å². The van der Waals surface area contributed by atoms with Crippen LogP contribution in [0.3, 0.4) is 0 Å². The molecule has 14 heavy (non-hydrogen) atoms. The van der Waals surface area contributed by atoms with Gasteiger partial charge in [-0.05, 0) is 18.8 Å². The lowest BCUT2D eigenvalue weighted by atomic mass is 9.91. The molecule has 1 heterocycles. The van der Waals surface area contributed by atoms with E-state index in [1.54, 1.807) is 0 Å². The molecule has 1 unspecified atom stereocenters. The Morgan fingerprint density at radius 3 is 2.71 bits per heavy atom. The summed E-state index contributed by atoms with van der Waals surface area (Å²) in [5, 5.41) is 9.60. The summed E-state index contributed by atoms with van der Waals surface area (Å²) in [5.74, 6) is -0.540. The summed E-state index contributed by atoms with van der Waals surface area (Å²) >= 11 is 0. The number of ether oxygens (including phenoxy) is 2. The number of esters is 1. The van der Waals surface area contributed by atoms with Gasteiger partial charge in [-0.15, -0.1) is 0 Å². The molecule has 0 aromatic rings. The van der Waals surface area contributed by atoms with Gasteiger partial charge in [-0.1, -0.05) is 0 Å². The molecular weight excluding hydrogens is 186 g/mol. The molecule has 1 aliphatic rings. The summed E-state index contributed by atoms with van der Waals surface area (Å²) < 4.78 is 9.57. The minimum Gasteiger partial charge on any atom is -0.466 e. The number of rotatable bonds is 3. The number of methoxy groups -OCH3 is 1. The van der Waals surface area contributed by atoms with Crippen LogP contribution in [0.4, 0.5) is 0 Å². The van der Waals surface area contributed by atoms with E-state index in [1.807, 2.05) is 0 Å². The Balaban J connectivity index is 2.44. The van der Waals surface area contributed by atoms with E-state index in [0.29, 0.717) is 13.2 Å². The zero-order valence-corrected chi connectivity index (χ0v) is 8.36. The second-order valence-corrected chi connectivity index (χ2v) is 3.68. The van der Waals surface area contributed by atoms with Gasteiger partial charge in [-0.2, -0.15) is 0 Å². The molecule has 1 saturated heterocycles. The summed E-state index contributed by atoms with van der Waals surface area (Å²) in [5.41, 5.74) is 3.59. The van der Waals surface area contributed by atoms with Crippen LogP contribution >= 0.6 is 0 Å². The summed E-state index contributed by atoms with van der Waals surface area (Å²) in [6.45, 7) is 1.34. The molecule has 0 amide bonds. The molecule has 1 aliphatic heterocycles. The van der Waals surface area contributed by atoms with Gasteiger partial charge in [0.25, 0.3) is 0 Å². The third-order valence-corrected chi connectivity index (χ3v) is 2.48. The van der Waals surface area contributed by atoms with Gasteiger partial charge in [0, 0.05) is 19.6 Å². The van der Waals surface area contributed by atoms with E-state index < -0.39 is 11.7 Å². The van der Waals surface area contributed by atoms with E-state index in [-0.39, 0.29) is 12.3 Å². The van der Waals surface area contributed by atoms with E-state index in [4.69, 9.17) is 10.5 Å². The fourth-order valence-electron chi connectivity index (χ4n) is 1.65. The van der Waals surface area contributed by atoms with Crippen molar-refractivity contribution >= 4 is 5.97 Å². The molecule has 0 bridgehead atoms. The minimum atomic E-state index is -1.85. The zero-order chi connectivity index (χ0) is 10.6. The van der Waals surface area contributed by atoms with Crippen molar-refractivity contribution in [1.82, 2.24) is 0 Å². The van der Waals surface area contributed by atoms with Crippen LogP contribution in [-0.4, -0.2) is 37.1 Å². The summed E-state index contributed by atoms with van der Waals surface area (Å²) in [6, 6.07) is 0. The molecule has 5 nitrogen and oxygen atoms in total. The molecule has 3 N–H and O–H groups in total. The number of hydrogen-bond donors (Lipinski definition) is 2.